The van der Waals surface area contributed by atoms with E-state index >= 15 is 0 Å². The molecular formula is C58H40N4O. The largest absolute Gasteiger partial charge is 0.454 e. The molecule has 0 aliphatic carbocycles. The summed E-state index contributed by atoms with van der Waals surface area (Å²) in [6.07, 6.45) is 6.08. The van der Waals surface area contributed by atoms with Gasteiger partial charge in [0.25, 0.3) is 0 Å². The van der Waals surface area contributed by atoms with Crippen LogP contribution in [0.3, 0.4) is 0 Å². The van der Waals surface area contributed by atoms with E-state index in [0.717, 1.165) is 72.4 Å². The van der Waals surface area contributed by atoms with Gasteiger partial charge >= 0.3 is 0 Å². The zero-order valence-corrected chi connectivity index (χ0v) is 34.4. The van der Waals surface area contributed by atoms with Crippen molar-refractivity contribution < 1.29 is 4.42 Å². The first kappa shape index (κ1) is 37.6. The van der Waals surface area contributed by atoms with Gasteiger partial charge in [0, 0.05) is 39.3 Å². The van der Waals surface area contributed by atoms with Crippen molar-refractivity contribution in [2.24, 2.45) is 0 Å². The Morgan fingerprint density at radius 2 is 0.968 bits per heavy atom. The molecule has 0 fully saturated rings. The SMILES string of the molecule is C=C/C=C\c1oc2c(-n3c4ccccc4c4c(-c5ccccc5)cccc43)cccc2c1Cc1nc(-c2ccc(-c3ccccc3)cc2)nc(-c2ccc(-c3ccccc3)cc2)n1. The number of hydrogen-bond donors (Lipinski definition) is 0. The Hall–Kier alpha value is -8.41. The van der Waals surface area contributed by atoms with Gasteiger partial charge in [0.15, 0.2) is 17.2 Å². The summed E-state index contributed by atoms with van der Waals surface area (Å²) in [5.74, 6) is 2.59. The molecule has 298 valence electrons. The summed E-state index contributed by atoms with van der Waals surface area (Å²) in [6.45, 7) is 3.98. The first-order valence-corrected chi connectivity index (χ1v) is 21.2. The number of aromatic nitrogens is 4. The van der Waals surface area contributed by atoms with Gasteiger partial charge in [-0.15, -0.1) is 0 Å². The maximum atomic E-state index is 6.95. The van der Waals surface area contributed by atoms with Crippen LogP contribution in [0.25, 0.3) is 101 Å². The second-order valence-corrected chi connectivity index (χ2v) is 15.6. The molecule has 63 heavy (non-hydrogen) atoms. The van der Waals surface area contributed by atoms with Gasteiger partial charge in [-0.2, -0.15) is 0 Å². The van der Waals surface area contributed by atoms with Crippen molar-refractivity contribution in [3.8, 4) is 61.8 Å². The van der Waals surface area contributed by atoms with Crippen molar-refractivity contribution in [3.05, 3.63) is 236 Å². The summed E-state index contributed by atoms with van der Waals surface area (Å²) >= 11 is 0. The van der Waals surface area contributed by atoms with Crippen LogP contribution in [0.4, 0.5) is 0 Å². The molecule has 5 nitrogen and oxygen atoms in total. The third-order valence-corrected chi connectivity index (χ3v) is 11.8. The lowest BCUT2D eigenvalue weighted by Gasteiger charge is -2.10. The lowest BCUT2D eigenvalue weighted by molar-refractivity contribution is 0.597. The summed E-state index contributed by atoms with van der Waals surface area (Å²) in [5.41, 5.74) is 13.7. The molecule has 3 aromatic heterocycles. The third-order valence-electron chi connectivity index (χ3n) is 11.8. The Kier molecular flexibility index (Phi) is 9.68. The van der Waals surface area contributed by atoms with Crippen LogP contribution in [0.1, 0.15) is 17.1 Å². The van der Waals surface area contributed by atoms with Crippen LogP contribution in [-0.4, -0.2) is 19.5 Å². The van der Waals surface area contributed by atoms with Crippen molar-refractivity contribution in [3.63, 3.8) is 0 Å². The predicted molar refractivity (Wildman–Crippen MR) is 260 cm³/mol. The molecule has 0 spiro atoms. The van der Waals surface area contributed by atoms with E-state index in [4.69, 9.17) is 19.4 Å². The zero-order valence-electron chi connectivity index (χ0n) is 34.4. The molecule has 0 amide bonds. The number of nitrogens with zero attached hydrogens (tertiary/aromatic N) is 4. The first-order chi connectivity index (χ1) is 31.2. The van der Waals surface area contributed by atoms with Crippen molar-refractivity contribution in [2.45, 2.75) is 6.42 Å². The topological polar surface area (TPSA) is 56.7 Å². The number of benzene rings is 8. The van der Waals surface area contributed by atoms with Crippen LogP contribution in [0.5, 0.6) is 0 Å². The van der Waals surface area contributed by atoms with Gasteiger partial charge < -0.3 is 8.98 Å². The van der Waals surface area contributed by atoms with Crippen molar-refractivity contribution in [2.75, 3.05) is 0 Å². The number of fused-ring (bicyclic) bond motifs is 4. The van der Waals surface area contributed by atoms with Crippen molar-refractivity contribution >= 4 is 38.9 Å². The molecule has 0 saturated carbocycles. The highest BCUT2D eigenvalue weighted by Gasteiger charge is 2.23. The number of rotatable bonds is 10. The quantitative estimate of drug-likeness (QED) is 0.129. The van der Waals surface area contributed by atoms with E-state index in [1.165, 1.54) is 21.9 Å². The smallest absolute Gasteiger partial charge is 0.163 e. The number of allylic oxidation sites excluding steroid dienone is 2. The van der Waals surface area contributed by atoms with Gasteiger partial charge in [0.05, 0.1) is 16.7 Å². The Labute approximate surface area is 365 Å². The first-order valence-electron chi connectivity index (χ1n) is 21.2. The zero-order chi connectivity index (χ0) is 42.1. The lowest BCUT2D eigenvalue weighted by atomic mass is 9.99. The van der Waals surface area contributed by atoms with Gasteiger partial charge in [0.1, 0.15) is 11.6 Å². The fraction of sp³-hybridized carbons (Fsp3) is 0.0172. The maximum absolute atomic E-state index is 6.95. The third kappa shape index (κ3) is 7.02. The summed E-state index contributed by atoms with van der Waals surface area (Å²) < 4.78 is 9.29. The molecule has 0 atom stereocenters. The fourth-order valence-electron chi connectivity index (χ4n) is 8.76. The second-order valence-electron chi connectivity index (χ2n) is 15.6. The standard InChI is InChI=1S/C58H40N4O/c1-2-3-29-53-49(47-25-16-28-52(56(47)63-53)62-50-26-14-13-23-48(50)55-46(24-15-27-51(55)62)43-21-11-6-12-22-43)38-54-59-57(44-34-30-41(31-35-44)39-17-7-4-8-18-39)61-58(60-54)45-36-32-42(33-37-45)40-19-9-5-10-20-40/h2-37H,1,38H2/b29-3-. The van der Waals surface area contributed by atoms with Crippen LogP contribution >= 0.6 is 0 Å². The molecule has 0 aliphatic heterocycles. The highest BCUT2D eigenvalue weighted by atomic mass is 16.3. The fourth-order valence-corrected chi connectivity index (χ4v) is 8.76. The Balaban J connectivity index is 1.06. The van der Waals surface area contributed by atoms with E-state index < -0.39 is 0 Å². The van der Waals surface area contributed by atoms with Crippen molar-refractivity contribution in [1.82, 2.24) is 19.5 Å². The second kappa shape index (κ2) is 16.2. The van der Waals surface area contributed by atoms with Gasteiger partial charge in [-0.1, -0.05) is 201 Å². The van der Waals surface area contributed by atoms with Gasteiger partial charge in [-0.25, -0.2) is 15.0 Å². The molecule has 0 aliphatic rings. The van der Waals surface area contributed by atoms with Crippen LogP contribution in [0.2, 0.25) is 0 Å². The molecule has 0 unspecified atom stereocenters. The Bertz CT molecular complexity index is 3360. The number of hydrogen-bond acceptors (Lipinski definition) is 4. The molecule has 11 aromatic rings. The van der Waals surface area contributed by atoms with Gasteiger partial charge in [-0.3, -0.25) is 0 Å². The molecule has 0 bridgehead atoms. The maximum Gasteiger partial charge on any atom is 0.163 e. The van der Waals surface area contributed by atoms with Gasteiger partial charge in [0.2, 0.25) is 0 Å². The number of furan rings is 1. The molecule has 0 N–H and O–H groups in total. The van der Waals surface area contributed by atoms with E-state index in [1.807, 2.05) is 24.3 Å². The lowest BCUT2D eigenvalue weighted by Crippen LogP contribution is -2.04. The molecule has 0 radical (unpaired) electrons. The summed E-state index contributed by atoms with van der Waals surface area (Å²) in [5, 5.41) is 3.37. The molecule has 3 heterocycles. The van der Waals surface area contributed by atoms with E-state index in [9.17, 15) is 0 Å². The monoisotopic (exact) mass is 808 g/mol. The number of para-hydroxylation sites is 2. The minimum absolute atomic E-state index is 0.408. The molecule has 8 aromatic carbocycles. The van der Waals surface area contributed by atoms with Crippen LogP contribution in [0, 0.1) is 0 Å². The summed E-state index contributed by atoms with van der Waals surface area (Å²) in [7, 11) is 0. The average Bonchev–Trinajstić information content (AvgIpc) is 3.89. The molecule has 11 rings (SSSR count). The normalized spacial score (nSPS) is 11.6. The minimum atomic E-state index is 0.408. The Morgan fingerprint density at radius 3 is 1.59 bits per heavy atom. The predicted octanol–water partition coefficient (Wildman–Crippen LogP) is 14.8. The van der Waals surface area contributed by atoms with E-state index in [-0.39, 0.29) is 0 Å². The van der Waals surface area contributed by atoms with Crippen LogP contribution in [-0.2, 0) is 6.42 Å². The van der Waals surface area contributed by atoms with Crippen molar-refractivity contribution in [1.29, 1.82) is 0 Å². The molecular weight excluding hydrogens is 769 g/mol. The highest BCUT2D eigenvalue weighted by molar-refractivity contribution is 6.16. The van der Waals surface area contributed by atoms with E-state index in [1.54, 1.807) is 6.08 Å². The van der Waals surface area contributed by atoms with E-state index in [0.29, 0.717) is 23.9 Å². The minimum Gasteiger partial charge on any atom is -0.454 e. The average molecular weight is 809 g/mol. The molecule has 5 heteroatoms. The van der Waals surface area contributed by atoms with Gasteiger partial charge in [-0.05, 0) is 57.7 Å². The summed E-state index contributed by atoms with van der Waals surface area (Å²) in [4.78, 5) is 15.5. The van der Waals surface area contributed by atoms with Crippen LogP contribution < -0.4 is 0 Å². The summed E-state index contributed by atoms with van der Waals surface area (Å²) in [6, 6.07) is 69.9. The highest BCUT2D eigenvalue weighted by Crippen LogP contribution is 2.41. The van der Waals surface area contributed by atoms with E-state index in [2.05, 4.69) is 199 Å². The molecule has 0 saturated heterocycles. The Morgan fingerprint density at radius 1 is 0.460 bits per heavy atom. The van der Waals surface area contributed by atoms with Crippen LogP contribution in [0.15, 0.2) is 223 Å².